The lowest BCUT2D eigenvalue weighted by Crippen LogP contribution is -2.30. The molecule has 1 aliphatic rings. The summed E-state index contributed by atoms with van der Waals surface area (Å²) in [5.41, 5.74) is 1.24. The van der Waals surface area contributed by atoms with Crippen molar-refractivity contribution in [2.75, 3.05) is 18.5 Å². The minimum atomic E-state index is -0.822. The van der Waals surface area contributed by atoms with E-state index in [9.17, 15) is 24.4 Å². The highest BCUT2D eigenvalue weighted by Gasteiger charge is 2.35. The first-order valence-electron chi connectivity index (χ1n) is 9.75. The van der Waals surface area contributed by atoms with Gasteiger partial charge < -0.3 is 9.15 Å². The molecule has 0 saturated heterocycles. The van der Waals surface area contributed by atoms with Crippen LogP contribution in [0.3, 0.4) is 0 Å². The minimum absolute atomic E-state index is 0.00707. The van der Waals surface area contributed by atoms with Gasteiger partial charge in [-0.2, -0.15) is 5.26 Å². The van der Waals surface area contributed by atoms with Crippen LogP contribution in [0.5, 0.6) is 0 Å². The Bertz CT molecular complexity index is 1120. The zero-order valence-corrected chi connectivity index (χ0v) is 17.4. The van der Waals surface area contributed by atoms with Gasteiger partial charge in [0.15, 0.2) is 6.61 Å². The number of benzene rings is 1. The van der Waals surface area contributed by atoms with Crippen molar-refractivity contribution in [2.24, 2.45) is 0 Å². The Morgan fingerprint density at radius 3 is 2.58 bits per heavy atom. The van der Waals surface area contributed by atoms with E-state index in [-0.39, 0.29) is 34.0 Å². The van der Waals surface area contributed by atoms with Gasteiger partial charge in [-0.1, -0.05) is 13.3 Å². The lowest BCUT2D eigenvalue weighted by molar-refractivity contribution is -0.119. The van der Waals surface area contributed by atoms with Crippen molar-refractivity contribution in [2.45, 2.75) is 33.6 Å². The normalized spacial score (nSPS) is 12.5. The monoisotopic (exact) mass is 423 g/mol. The molecule has 1 aliphatic heterocycles. The van der Waals surface area contributed by atoms with Gasteiger partial charge in [0.05, 0.1) is 16.7 Å². The average molecular weight is 423 g/mol. The number of fused-ring (bicyclic) bond motifs is 1. The molecule has 160 valence electrons. The maximum atomic E-state index is 12.5. The van der Waals surface area contributed by atoms with Crippen molar-refractivity contribution in [3.8, 4) is 6.07 Å². The smallest absolute Gasteiger partial charge is 0.338 e. The molecule has 2 aromatic rings. The third kappa shape index (κ3) is 4.19. The van der Waals surface area contributed by atoms with Gasteiger partial charge in [0.25, 0.3) is 17.7 Å². The molecule has 0 bridgehead atoms. The zero-order chi connectivity index (χ0) is 22.7. The van der Waals surface area contributed by atoms with Gasteiger partial charge in [-0.15, -0.1) is 0 Å². The molecule has 0 aliphatic carbocycles. The second kappa shape index (κ2) is 8.83. The fourth-order valence-corrected chi connectivity index (χ4v) is 3.16. The summed E-state index contributed by atoms with van der Waals surface area (Å²) in [4.78, 5) is 50.5. The van der Waals surface area contributed by atoms with E-state index >= 15 is 0 Å². The summed E-state index contributed by atoms with van der Waals surface area (Å²) in [6, 6.07) is 6.03. The second-order valence-corrected chi connectivity index (χ2v) is 7.10. The van der Waals surface area contributed by atoms with Crippen molar-refractivity contribution in [1.82, 2.24) is 4.90 Å². The fourth-order valence-electron chi connectivity index (χ4n) is 3.16. The molecule has 1 aromatic carbocycles. The van der Waals surface area contributed by atoms with E-state index in [2.05, 4.69) is 5.32 Å². The SMILES string of the molecule is CCCCN1C(=O)c2ccc(C(=O)OCC(=O)Nc3oc(C)c(C)c3C#N)cc2C1=O. The van der Waals surface area contributed by atoms with Gasteiger partial charge in [0, 0.05) is 12.1 Å². The van der Waals surface area contributed by atoms with Gasteiger partial charge in [-0.05, 0) is 38.5 Å². The molecule has 9 heteroatoms. The molecule has 0 fully saturated rings. The maximum absolute atomic E-state index is 12.5. The molecule has 0 spiro atoms. The molecule has 1 N–H and O–H groups in total. The van der Waals surface area contributed by atoms with Crippen LogP contribution in [-0.2, 0) is 9.53 Å². The third-order valence-corrected chi connectivity index (χ3v) is 5.03. The standard InChI is InChI=1S/C22H21N3O6/c1-4-5-8-25-20(27)15-7-6-14(9-16(15)21(25)28)22(29)30-11-18(26)24-19-17(10-23)12(2)13(3)31-19/h6-7,9H,4-5,8,11H2,1-3H3,(H,24,26). The summed E-state index contributed by atoms with van der Waals surface area (Å²) in [5.74, 6) is -1.85. The Balaban J connectivity index is 1.65. The molecule has 3 amide bonds. The zero-order valence-electron chi connectivity index (χ0n) is 17.4. The van der Waals surface area contributed by atoms with Crippen LogP contribution in [0.2, 0.25) is 0 Å². The number of carbonyl (C=O) groups excluding carboxylic acids is 4. The van der Waals surface area contributed by atoms with E-state index in [0.29, 0.717) is 24.3 Å². The molecule has 0 saturated carbocycles. The van der Waals surface area contributed by atoms with Crippen LogP contribution in [0.15, 0.2) is 22.6 Å². The van der Waals surface area contributed by atoms with E-state index in [1.165, 1.54) is 18.2 Å². The van der Waals surface area contributed by atoms with Gasteiger partial charge in [-0.3, -0.25) is 24.6 Å². The number of ether oxygens (including phenoxy) is 1. The van der Waals surface area contributed by atoms with Gasteiger partial charge in [0.1, 0.15) is 17.4 Å². The number of nitrogens with zero attached hydrogens (tertiary/aromatic N) is 2. The molecule has 0 atom stereocenters. The van der Waals surface area contributed by atoms with E-state index in [1.54, 1.807) is 13.8 Å². The van der Waals surface area contributed by atoms with E-state index in [4.69, 9.17) is 9.15 Å². The Morgan fingerprint density at radius 1 is 1.19 bits per heavy atom. The molecule has 0 unspecified atom stereocenters. The molecular formula is C22H21N3O6. The van der Waals surface area contributed by atoms with E-state index in [1.807, 2.05) is 13.0 Å². The molecule has 31 heavy (non-hydrogen) atoms. The van der Waals surface area contributed by atoms with Crippen molar-refractivity contribution in [3.63, 3.8) is 0 Å². The number of anilines is 1. The Kier molecular flexibility index (Phi) is 6.20. The Morgan fingerprint density at radius 2 is 1.90 bits per heavy atom. The highest BCUT2D eigenvalue weighted by molar-refractivity contribution is 6.22. The van der Waals surface area contributed by atoms with Crippen LogP contribution in [0, 0.1) is 25.2 Å². The largest absolute Gasteiger partial charge is 0.452 e. The lowest BCUT2D eigenvalue weighted by Gasteiger charge is -2.12. The first kappa shape index (κ1) is 21.8. The number of rotatable bonds is 7. The number of amides is 3. The number of hydrogen-bond donors (Lipinski definition) is 1. The average Bonchev–Trinajstić information content (AvgIpc) is 3.16. The van der Waals surface area contributed by atoms with Crippen molar-refractivity contribution in [1.29, 1.82) is 5.26 Å². The summed E-state index contributed by atoms with van der Waals surface area (Å²) in [6.45, 7) is 5.01. The number of carbonyl (C=O) groups is 4. The van der Waals surface area contributed by atoms with Gasteiger partial charge in [-0.25, -0.2) is 4.79 Å². The number of nitrogens with one attached hydrogen (secondary N) is 1. The predicted octanol–water partition coefficient (Wildman–Crippen LogP) is 2.96. The Labute approximate surface area is 178 Å². The van der Waals surface area contributed by atoms with Crippen LogP contribution in [0.25, 0.3) is 0 Å². The maximum Gasteiger partial charge on any atom is 0.338 e. The molecule has 2 heterocycles. The van der Waals surface area contributed by atoms with Gasteiger partial charge in [0.2, 0.25) is 5.88 Å². The summed E-state index contributed by atoms with van der Waals surface area (Å²) in [6.07, 6.45) is 1.53. The summed E-state index contributed by atoms with van der Waals surface area (Å²) in [5, 5.41) is 11.6. The summed E-state index contributed by atoms with van der Waals surface area (Å²) < 4.78 is 10.3. The van der Waals surface area contributed by atoms with Crippen molar-refractivity contribution < 1.29 is 28.3 Å². The highest BCUT2D eigenvalue weighted by Crippen LogP contribution is 2.26. The number of esters is 1. The Hall–Kier alpha value is -3.93. The molecular weight excluding hydrogens is 402 g/mol. The number of furan rings is 1. The minimum Gasteiger partial charge on any atom is -0.452 e. The van der Waals surface area contributed by atoms with E-state index < -0.39 is 24.4 Å². The highest BCUT2D eigenvalue weighted by atomic mass is 16.5. The van der Waals surface area contributed by atoms with Gasteiger partial charge >= 0.3 is 5.97 Å². The molecule has 0 radical (unpaired) electrons. The predicted molar refractivity (Wildman–Crippen MR) is 109 cm³/mol. The summed E-state index contributed by atoms with van der Waals surface area (Å²) >= 11 is 0. The fraction of sp³-hybridized carbons (Fsp3) is 0.318. The third-order valence-electron chi connectivity index (χ3n) is 5.03. The number of unbranched alkanes of at least 4 members (excludes halogenated alkanes) is 1. The first-order valence-corrected chi connectivity index (χ1v) is 9.75. The number of hydrogen-bond acceptors (Lipinski definition) is 7. The topological polar surface area (TPSA) is 130 Å². The summed E-state index contributed by atoms with van der Waals surface area (Å²) in [7, 11) is 0. The first-order chi connectivity index (χ1) is 14.8. The van der Waals surface area contributed by atoms with Crippen LogP contribution >= 0.6 is 0 Å². The van der Waals surface area contributed by atoms with Crippen LogP contribution in [-0.4, -0.2) is 41.7 Å². The van der Waals surface area contributed by atoms with E-state index in [0.717, 1.165) is 11.3 Å². The van der Waals surface area contributed by atoms with Crippen LogP contribution in [0.1, 0.15) is 67.7 Å². The van der Waals surface area contributed by atoms with Crippen LogP contribution < -0.4 is 5.32 Å². The second-order valence-electron chi connectivity index (χ2n) is 7.10. The van der Waals surface area contributed by atoms with Crippen molar-refractivity contribution in [3.05, 3.63) is 51.8 Å². The van der Waals surface area contributed by atoms with Crippen molar-refractivity contribution >= 4 is 29.6 Å². The molecule has 1 aromatic heterocycles. The molecule has 3 rings (SSSR count). The number of nitriles is 1. The lowest BCUT2D eigenvalue weighted by atomic mass is 10.1. The van der Waals surface area contributed by atoms with Crippen LogP contribution in [0.4, 0.5) is 5.88 Å². The number of imide groups is 1. The molecule has 9 nitrogen and oxygen atoms in total. The number of aryl methyl sites for hydroxylation is 1. The quantitative estimate of drug-likeness (QED) is 0.535.